The maximum atomic E-state index is 11.3. The zero-order valence-electron chi connectivity index (χ0n) is 7.62. The van der Waals surface area contributed by atoms with Crippen LogP contribution in [0.25, 0.3) is 0 Å². The number of carbonyl (C=O) groups excluding carboxylic acids is 2. The summed E-state index contributed by atoms with van der Waals surface area (Å²) in [6, 6.07) is -0.273. The Morgan fingerprint density at radius 3 is 2.85 bits per heavy atom. The van der Waals surface area contributed by atoms with Gasteiger partial charge in [0.2, 0.25) is 11.8 Å². The molecule has 0 radical (unpaired) electrons. The van der Waals surface area contributed by atoms with E-state index in [1.54, 1.807) is 11.9 Å². The maximum absolute atomic E-state index is 11.3. The first-order chi connectivity index (χ1) is 6.20. The zero-order chi connectivity index (χ0) is 9.84. The summed E-state index contributed by atoms with van der Waals surface area (Å²) < 4.78 is 0. The van der Waals surface area contributed by atoms with Gasteiger partial charge in [-0.05, 0) is 12.8 Å². The van der Waals surface area contributed by atoms with E-state index in [-0.39, 0.29) is 23.6 Å². The smallest absolute Gasteiger partial charge is 0.242 e. The molecular formula is C8H14N2O2S. The SMILES string of the molecule is CNC(=O)C1CCCN1C(=O)CS. The summed E-state index contributed by atoms with van der Waals surface area (Å²) in [5.41, 5.74) is 0. The van der Waals surface area contributed by atoms with E-state index in [0.717, 1.165) is 12.8 Å². The zero-order valence-corrected chi connectivity index (χ0v) is 8.51. The fourth-order valence-corrected chi connectivity index (χ4v) is 1.78. The van der Waals surface area contributed by atoms with E-state index < -0.39 is 0 Å². The highest BCUT2D eigenvalue weighted by Crippen LogP contribution is 2.17. The van der Waals surface area contributed by atoms with Gasteiger partial charge in [-0.1, -0.05) is 0 Å². The van der Waals surface area contributed by atoms with Gasteiger partial charge in [0.15, 0.2) is 0 Å². The Labute approximate surface area is 83.1 Å². The summed E-state index contributed by atoms with van der Waals surface area (Å²) in [5, 5.41) is 2.56. The molecule has 1 unspecified atom stereocenters. The third-order valence-corrected chi connectivity index (χ3v) is 2.53. The topological polar surface area (TPSA) is 49.4 Å². The molecule has 1 aliphatic heterocycles. The first-order valence-corrected chi connectivity index (χ1v) is 4.96. The van der Waals surface area contributed by atoms with Crippen molar-refractivity contribution < 1.29 is 9.59 Å². The summed E-state index contributed by atoms with van der Waals surface area (Å²) in [5.74, 6) is 0.0371. The van der Waals surface area contributed by atoms with E-state index in [9.17, 15) is 9.59 Å². The molecule has 0 bridgehead atoms. The van der Waals surface area contributed by atoms with Gasteiger partial charge < -0.3 is 10.2 Å². The monoisotopic (exact) mass is 202 g/mol. The molecule has 5 heteroatoms. The Morgan fingerprint density at radius 2 is 2.31 bits per heavy atom. The molecule has 4 nitrogen and oxygen atoms in total. The second-order valence-electron chi connectivity index (χ2n) is 3.02. The summed E-state index contributed by atoms with van der Waals surface area (Å²) >= 11 is 3.91. The predicted molar refractivity (Wildman–Crippen MR) is 52.7 cm³/mol. The number of likely N-dealkylation sites (tertiary alicyclic amines) is 1. The summed E-state index contributed by atoms with van der Waals surface area (Å²) in [6.45, 7) is 0.678. The molecule has 1 aliphatic rings. The fourth-order valence-electron chi connectivity index (χ4n) is 1.60. The molecule has 2 amide bonds. The molecule has 1 rings (SSSR count). The maximum Gasteiger partial charge on any atom is 0.242 e. The van der Waals surface area contributed by atoms with Crippen molar-refractivity contribution in [1.82, 2.24) is 10.2 Å². The van der Waals surface area contributed by atoms with Crippen LogP contribution in [-0.2, 0) is 9.59 Å². The van der Waals surface area contributed by atoms with Gasteiger partial charge in [0.1, 0.15) is 6.04 Å². The molecule has 74 valence electrons. The van der Waals surface area contributed by atoms with Crippen LogP contribution in [0.1, 0.15) is 12.8 Å². The summed E-state index contributed by atoms with van der Waals surface area (Å²) in [4.78, 5) is 24.2. The standard InChI is InChI=1S/C8H14N2O2S/c1-9-8(12)6-3-2-4-10(6)7(11)5-13/h6,13H,2-5H2,1H3,(H,9,12). The van der Waals surface area contributed by atoms with Crippen LogP contribution in [0.15, 0.2) is 0 Å². The van der Waals surface area contributed by atoms with Gasteiger partial charge >= 0.3 is 0 Å². The van der Waals surface area contributed by atoms with Crippen LogP contribution in [0.3, 0.4) is 0 Å². The number of amides is 2. The minimum absolute atomic E-state index is 0.0607. The van der Waals surface area contributed by atoms with Crippen molar-refractivity contribution in [3.05, 3.63) is 0 Å². The second-order valence-corrected chi connectivity index (χ2v) is 3.33. The lowest BCUT2D eigenvalue weighted by molar-refractivity contribution is -0.136. The molecule has 1 N–H and O–H groups in total. The highest BCUT2D eigenvalue weighted by atomic mass is 32.1. The van der Waals surface area contributed by atoms with Crippen molar-refractivity contribution in [2.24, 2.45) is 0 Å². The van der Waals surface area contributed by atoms with E-state index in [0.29, 0.717) is 6.54 Å². The van der Waals surface area contributed by atoms with E-state index in [2.05, 4.69) is 17.9 Å². The van der Waals surface area contributed by atoms with Gasteiger partial charge in [-0.25, -0.2) is 0 Å². The molecule has 0 aromatic heterocycles. The number of hydrogen-bond donors (Lipinski definition) is 2. The van der Waals surface area contributed by atoms with Crippen LogP contribution in [0, 0.1) is 0 Å². The van der Waals surface area contributed by atoms with Gasteiger partial charge in [0, 0.05) is 13.6 Å². The van der Waals surface area contributed by atoms with Gasteiger partial charge in [0.25, 0.3) is 0 Å². The van der Waals surface area contributed by atoms with Crippen molar-refractivity contribution >= 4 is 24.4 Å². The number of likely N-dealkylation sites (N-methyl/N-ethyl adjacent to an activating group) is 1. The van der Waals surface area contributed by atoms with Crippen molar-refractivity contribution in [2.75, 3.05) is 19.3 Å². The first kappa shape index (κ1) is 10.4. The van der Waals surface area contributed by atoms with E-state index in [1.807, 2.05) is 0 Å². The molecule has 0 saturated carbocycles. The average molecular weight is 202 g/mol. The predicted octanol–water partition coefficient (Wildman–Crippen LogP) is -0.347. The lowest BCUT2D eigenvalue weighted by Crippen LogP contribution is -2.45. The summed E-state index contributed by atoms with van der Waals surface area (Å²) in [7, 11) is 1.59. The number of rotatable bonds is 2. The molecule has 1 atom stereocenters. The molecule has 1 saturated heterocycles. The van der Waals surface area contributed by atoms with Crippen LogP contribution in [0.5, 0.6) is 0 Å². The van der Waals surface area contributed by atoms with Crippen LogP contribution < -0.4 is 5.32 Å². The van der Waals surface area contributed by atoms with Crippen molar-refractivity contribution in [1.29, 1.82) is 0 Å². The quantitative estimate of drug-likeness (QED) is 0.602. The molecular weight excluding hydrogens is 188 g/mol. The number of thiol groups is 1. The lowest BCUT2D eigenvalue weighted by Gasteiger charge is -2.22. The Bertz CT molecular complexity index is 198. The number of carbonyl (C=O) groups is 2. The Kier molecular flexibility index (Phi) is 3.59. The largest absolute Gasteiger partial charge is 0.357 e. The molecule has 13 heavy (non-hydrogen) atoms. The number of nitrogens with zero attached hydrogens (tertiary/aromatic N) is 1. The molecule has 0 aromatic rings. The lowest BCUT2D eigenvalue weighted by atomic mass is 10.2. The van der Waals surface area contributed by atoms with Crippen LogP contribution in [0.4, 0.5) is 0 Å². The highest BCUT2D eigenvalue weighted by molar-refractivity contribution is 7.81. The first-order valence-electron chi connectivity index (χ1n) is 4.32. The summed E-state index contributed by atoms with van der Waals surface area (Å²) in [6.07, 6.45) is 1.66. The van der Waals surface area contributed by atoms with Crippen molar-refractivity contribution in [3.63, 3.8) is 0 Å². The highest BCUT2D eigenvalue weighted by Gasteiger charge is 2.32. The Morgan fingerprint density at radius 1 is 1.62 bits per heavy atom. The van der Waals surface area contributed by atoms with E-state index in [1.165, 1.54) is 0 Å². The molecule has 0 aromatic carbocycles. The number of hydrogen-bond acceptors (Lipinski definition) is 3. The number of nitrogens with one attached hydrogen (secondary N) is 1. The van der Waals surface area contributed by atoms with E-state index in [4.69, 9.17) is 0 Å². The Hall–Kier alpha value is -0.710. The normalized spacial score (nSPS) is 21.7. The fraction of sp³-hybridized carbons (Fsp3) is 0.750. The van der Waals surface area contributed by atoms with Crippen LogP contribution >= 0.6 is 12.6 Å². The molecule has 1 fully saturated rings. The van der Waals surface area contributed by atoms with Crippen LogP contribution in [0.2, 0.25) is 0 Å². The van der Waals surface area contributed by atoms with Gasteiger partial charge in [-0.3, -0.25) is 9.59 Å². The van der Waals surface area contributed by atoms with Crippen LogP contribution in [-0.4, -0.2) is 42.1 Å². The van der Waals surface area contributed by atoms with Crippen molar-refractivity contribution in [3.8, 4) is 0 Å². The van der Waals surface area contributed by atoms with Gasteiger partial charge in [-0.2, -0.15) is 12.6 Å². The molecule has 1 heterocycles. The average Bonchev–Trinajstić information content (AvgIpc) is 2.63. The third-order valence-electron chi connectivity index (χ3n) is 2.26. The third kappa shape index (κ3) is 2.15. The second kappa shape index (κ2) is 4.50. The molecule has 0 spiro atoms. The minimum atomic E-state index is -0.273. The Balaban J connectivity index is 2.63. The van der Waals surface area contributed by atoms with Gasteiger partial charge in [0.05, 0.1) is 5.75 Å². The minimum Gasteiger partial charge on any atom is -0.357 e. The van der Waals surface area contributed by atoms with Gasteiger partial charge in [-0.15, -0.1) is 0 Å². The van der Waals surface area contributed by atoms with Crippen molar-refractivity contribution in [2.45, 2.75) is 18.9 Å². The molecule has 0 aliphatic carbocycles. The van der Waals surface area contributed by atoms with E-state index >= 15 is 0 Å².